The van der Waals surface area contributed by atoms with Crippen molar-refractivity contribution >= 4 is 29.7 Å². The van der Waals surface area contributed by atoms with Gasteiger partial charge in [0.1, 0.15) is 11.5 Å². The number of allylic oxidation sites excluding steroid dienone is 2. The highest BCUT2D eigenvalue weighted by atomic mass is 16.5. The first-order valence-electron chi connectivity index (χ1n) is 12.7. The number of aliphatic imine (C=N–C) groups is 1. The van der Waals surface area contributed by atoms with Crippen molar-refractivity contribution in [3.63, 3.8) is 0 Å². The van der Waals surface area contributed by atoms with Gasteiger partial charge in [0.15, 0.2) is 0 Å². The monoisotopic (exact) mass is 492 g/mol. The van der Waals surface area contributed by atoms with Crippen LogP contribution in [0.1, 0.15) is 65.4 Å². The number of methoxy groups -OCH3 is 2. The highest BCUT2D eigenvalue weighted by molar-refractivity contribution is 6.23. The summed E-state index contributed by atoms with van der Waals surface area (Å²) >= 11 is 0. The molecular weight excluding hydrogens is 460 g/mol. The lowest BCUT2D eigenvalue weighted by Gasteiger charge is -2.12. The van der Waals surface area contributed by atoms with Crippen molar-refractivity contribution in [3.05, 3.63) is 97.3 Å². The van der Waals surface area contributed by atoms with Crippen molar-refractivity contribution in [2.24, 2.45) is 4.99 Å². The van der Waals surface area contributed by atoms with Gasteiger partial charge >= 0.3 is 0 Å². The van der Waals surface area contributed by atoms with Crippen LogP contribution in [0.25, 0.3) is 18.2 Å². The molecule has 0 aliphatic carbocycles. The van der Waals surface area contributed by atoms with E-state index in [-0.39, 0.29) is 5.78 Å². The lowest BCUT2D eigenvalue weighted by Crippen LogP contribution is -2.15. The molecule has 0 atom stereocenters. The number of carbonyl (C=O) groups is 1. The Kier molecular flexibility index (Phi) is 6.46. The van der Waals surface area contributed by atoms with E-state index in [4.69, 9.17) is 14.5 Å². The van der Waals surface area contributed by atoms with Crippen LogP contribution >= 0.6 is 0 Å². The van der Waals surface area contributed by atoms with Crippen LogP contribution in [0.15, 0.2) is 58.2 Å². The molecule has 0 spiro atoms. The van der Waals surface area contributed by atoms with Gasteiger partial charge in [-0.1, -0.05) is 26.0 Å². The summed E-state index contributed by atoms with van der Waals surface area (Å²) < 4.78 is 11.2. The van der Waals surface area contributed by atoms with Gasteiger partial charge in [0.05, 0.1) is 36.8 Å². The molecule has 3 aromatic rings. The average Bonchev–Trinajstić information content (AvgIpc) is 3.36. The van der Waals surface area contributed by atoms with Crippen molar-refractivity contribution in [3.8, 4) is 11.5 Å². The third-order valence-electron chi connectivity index (χ3n) is 7.38. The van der Waals surface area contributed by atoms with Crippen LogP contribution in [0.3, 0.4) is 0 Å². The number of hydrogen-bond donors (Lipinski definition) is 1. The van der Waals surface area contributed by atoms with Crippen molar-refractivity contribution in [2.45, 2.75) is 40.5 Å². The summed E-state index contributed by atoms with van der Waals surface area (Å²) in [5, 5.41) is 2.10. The molecule has 0 radical (unpaired) electrons. The third-order valence-corrected chi connectivity index (χ3v) is 7.38. The van der Waals surface area contributed by atoms with Crippen LogP contribution in [-0.4, -0.2) is 30.7 Å². The SMILES string of the molecule is CCC1=C(C)C2=Cc3ccc(OC)c(c3)C(=O)c3cc(ccc3OC)C=c3[nH]c(c(CC)c3C)=CC1=N2. The van der Waals surface area contributed by atoms with E-state index in [1.165, 1.54) is 16.7 Å². The topological polar surface area (TPSA) is 63.7 Å². The van der Waals surface area contributed by atoms with Crippen LogP contribution in [0.4, 0.5) is 0 Å². The molecule has 5 nitrogen and oxygen atoms in total. The normalized spacial score (nSPS) is 14.6. The van der Waals surface area contributed by atoms with Crippen molar-refractivity contribution in [1.29, 1.82) is 0 Å². The summed E-state index contributed by atoms with van der Waals surface area (Å²) in [5.41, 5.74) is 9.52. The second-order valence-corrected chi connectivity index (χ2v) is 9.43. The quantitative estimate of drug-likeness (QED) is 0.539. The molecule has 1 aromatic heterocycles. The van der Waals surface area contributed by atoms with Gasteiger partial charge in [-0.2, -0.15) is 0 Å². The molecule has 0 fully saturated rings. The highest BCUT2D eigenvalue weighted by Crippen LogP contribution is 2.32. The summed E-state index contributed by atoms with van der Waals surface area (Å²) in [4.78, 5) is 22.6. The summed E-state index contributed by atoms with van der Waals surface area (Å²) in [7, 11) is 3.17. The number of hydrogen-bond acceptors (Lipinski definition) is 4. The lowest BCUT2D eigenvalue weighted by atomic mass is 9.96. The minimum absolute atomic E-state index is 0.153. The molecule has 37 heavy (non-hydrogen) atoms. The number of benzene rings is 2. The second-order valence-electron chi connectivity index (χ2n) is 9.43. The second kappa shape index (κ2) is 9.74. The average molecular weight is 493 g/mol. The molecule has 2 aliphatic heterocycles. The van der Waals surface area contributed by atoms with Gasteiger partial charge in [0.2, 0.25) is 5.78 Å². The molecular formula is C32H32N2O3. The number of fused-ring (bicyclic) bond motifs is 7. The largest absolute Gasteiger partial charge is 0.496 e. The molecule has 2 aliphatic rings. The maximum absolute atomic E-state index is 13.9. The number of nitrogens with one attached hydrogen (secondary N) is 1. The molecule has 0 saturated carbocycles. The molecule has 188 valence electrons. The van der Waals surface area contributed by atoms with E-state index in [1.54, 1.807) is 14.2 Å². The highest BCUT2D eigenvalue weighted by Gasteiger charge is 2.22. The zero-order chi connectivity index (χ0) is 26.3. The van der Waals surface area contributed by atoms with Gasteiger partial charge in [0, 0.05) is 10.7 Å². The Hall–Kier alpha value is -4.12. The predicted octanol–water partition coefficient (Wildman–Crippen LogP) is 5.28. The standard InChI is InChI=1S/C32H32N2O3/c1-7-22-18(3)26-15-20-9-11-30(36-5)24(13-20)32(35)25-14-21(10-12-31(25)37-6)16-27-19(4)23(8-2)29(34-27)17-28(22)33-26/h9-17,33H,7-8H2,1-6H3. The molecule has 2 aromatic carbocycles. The van der Waals surface area contributed by atoms with Gasteiger partial charge in [-0.25, -0.2) is 4.99 Å². The zero-order valence-corrected chi connectivity index (χ0v) is 22.3. The summed E-state index contributed by atoms with van der Waals surface area (Å²) in [6.45, 7) is 8.60. The Morgan fingerprint density at radius 3 is 2.00 bits per heavy atom. The van der Waals surface area contributed by atoms with Crippen LogP contribution < -0.4 is 20.2 Å². The number of rotatable bonds is 4. The number of carbonyl (C=O) groups excluding carboxylic acids is 1. The molecule has 0 saturated heterocycles. The van der Waals surface area contributed by atoms with Crippen molar-refractivity contribution in [1.82, 2.24) is 4.98 Å². The summed E-state index contributed by atoms with van der Waals surface area (Å²) in [5.74, 6) is 0.893. The first kappa shape index (κ1) is 24.6. The summed E-state index contributed by atoms with van der Waals surface area (Å²) in [6, 6.07) is 11.4. The zero-order valence-electron chi connectivity index (χ0n) is 22.3. The van der Waals surface area contributed by atoms with Gasteiger partial charge in [-0.15, -0.1) is 0 Å². The van der Waals surface area contributed by atoms with Crippen LogP contribution in [0.2, 0.25) is 0 Å². The molecule has 5 heteroatoms. The summed E-state index contributed by atoms with van der Waals surface area (Å²) in [6.07, 6.45) is 8.10. The third kappa shape index (κ3) is 4.25. The minimum atomic E-state index is -0.153. The number of nitrogens with zero attached hydrogens (tertiary/aromatic N) is 1. The molecule has 0 unspecified atom stereocenters. The first-order valence-corrected chi connectivity index (χ1v) is 12.7. The fourth-order valence-electron chi connectivity index (χ4n) is 5.33. The minimum Gasteiger partial charge on any atom is -0.496 e. The van der Waals surface area contributed by atoms with E-state index in [0.29, 0.717) is 22.6 Å². The van der Waals surface area contributed by atoms with Gasteiger partial charge < -0.3 is 14.5 Å². The molecule has 8 bridgehead atoms. The molecule has 3 heterocycles. The number of H-pyrrole nitrogens is 1. The van der Waals surface area contributed by atoms with E-state index in [1.807, 2.05) is 42.5 Å². The van der Waals surface area contributed by atoms with Crippen molar-refractivity contribution in [2.75, 3.05) is 14.2 Å². The Labute approximate surface area is 217 Å². The fourth-order valence-corrected chi connectivity index (χ4v) is 5.33. The van der Waals surface area contributed by atoms with Crippen LogP contribution in [0.5, 0.6) is 11.5 Å². The number of ether oxygens (including phenoxy) is 2. The van der Waals surface area contributed by atoms with Gasteiger partial charge in [-0.05, 0) is 103 Å². The van der Waals surface area contributed by atoms with Crippen LogP contribution in [-0.2, 0) is 6.42 Å². The number of aromatic nitrogens is 1. The first-order chi connectivity index (χ1) is 17.9. The number of ketones is 1. The van der Waals surface area contributed by atoms with E-state index in [0.717, 1.165) is 51.6 Å². The molecule has 0 amide bonds. The Bertz CT molecular complexity index is 1650. The van der Waals surface area contributed by atoms with Gasteiger partial charge in [-0.3, -0.25) is 4.79 Å². The van der Waals surface area contributed by atoms with Crippen LogP contribution in [0, 0.1) is 6.92 Å². The Morgan fingerprint density at radius 1 is 0.811 bits per heavy atom. The van der Waals surface area contributed by atoms with E-state index < -0.39 is 0 Å². The van der Waals surface area contributed by atoms with E-state index >= 15 is 0 Å². The van der Waals surface area contributed by atoms with Crippen molar-refractivity contribution < 1.29 is 14.3 Å². The molecule has 1 N–H and O–H groups in total. The van der Waals surface area contributed by atoms with Gasteiger partial charge in [0.25, 0.3) is 0 Å². The smallest absolute Gasteiger partial charge is 0.200 e. The Balaban J connectivity index is 1.88. The molecule has 5 rings (SSSR count). The fraction of sp³-hybridized carbons (Fsp3) is 0.250. The van der Waals surface area contributed by atoms with E-state index in [9.17, 15) is 4.79 Å². The Morgan fingerprint density at radius 2 is 1.43 bits per heavy atom. The maximum atomic E-state index is 13.9. The van der Waals surface area contributed by atoms with E-state index in [2.05, 4.69) is 44.8 Å². The maximum Gasteiger partial charge on any atom is 0.200 e. The number of aromatic amines is 1. The predicted molar refractivity (Wildman–Crippen MR) is 150 cm³/mol. The lowest BCUT2D eigenvalue weighted by molar-refractivity contribution is 0.103.